The minimum absolute atomic E-state index is 0.276. The number of anilines is 1. The van der Waals surface area contributed by atoms with E-state index >= 15 is 0 Å². The van der Waals surface area contributed by atoms with E-state index in [-0.39, 0.29) is 5.92 Å². The molecule has 0 aromatic carbocycles. The van der Waals surface area contributed by atoms with E-state index in [0.717, 1.165) is 5.69 Å². The fraction of sp³-hybridized carbons (Fsp3) is 0.333. The monoisotopic (exact) mass is 245 g/mol. The summed E-state index contributed by atoms with van der Waals surface area (Å²) < 4.78 is 5.05. The number of nitrogen functional groups attached to an aromatic ring is 1. The molecule has 0 saturated carbocycles. The molecular weight excluding hydrogens is 230 g/mol. The van der Waals surface area contributed by atoms with Gasteiger partial charge in [-0.1, -0.05) is 13.8 Å². The Bertz CT molecular complexity index is 556. The second-order valence-corrected chi connectivity index (χ2v) is 4.14. The second-order valence-electron chi connectivity index (χ2n) is 4.14. The molecule has 0 radical (unpaired) electrons. The fourth-order valence-electron chi connectivity index (χ4n) is 1.47. The largest absolute Gasteiger partial charge is 0.481 e. The summed E-state index contributed by atoms with van der Waals surface area (Å²) >= 11 is 0. The second kappa shape index (κ2) is 4.95. The molecule has 2 N–H and O–H groups in total. The van der Waals surface area contributed by atoms with Crippen LogP contribution in [0.1, 0.15) is 25.5 Å². The molecule has 18 heavy (non-hydrogen) atoms. The third-order valence-electron chi connectivity index (χ3n) is 2.44. The standard InChI is InChI=1S/C12H15N5O/c1-7(2)8-4-10(13)17-12(16-8)9-5-11(18-3)15-6-14-9/h4-7H,1-3H3,(H2,13,16,17). The van der Waals surface area contributed by atoms with Crippen LogP contribution in [0.5, 0.6) is 5.88 Å². The van der Waals surface area contributed by atoms with Gasteiger partial charge in [-0.05, 0) is 5.92 Å². The van der Waals surface area contributed by atoms with Gasteiger partial charge < -0.3 is 10.5 Å². The zero-order valence-corrected chi connectivity index (χ0v) is 10.6. The topological polar surface area (TPSA) is 86.8 Å². The van der Waals surface area contributed by atoms with E-state index in [0.29, 0.717) is 23.2 Å². The number of ether oxygens (including phenoxy) is 1. The zero-order chi connectivity index (χ0) is 13.1. The molecule has 0 atom stereocenters. The normalized spacial score (nSPS) is 10.7. The van der Waals surface area contributed by atoms with Gasteiger partial charge in [-0.15, -0.1) is 0 Å². The lowest BCUT2D eigenvalue weighted by molar-refractivity contribution is 0.397. The first kappa shape index (κ1) is 12.2. The Labute approximate surface area is 105 Å². The maximum atomic E-state index is 5.78. The molecule has 0 fully saturated rings. The Kier molecular flexibility index (Phi) is 3.36. The predicted molar refractivity (Wildman–Crippen MR) is 68.1 cm³/mol. The van der Waals surface area contributed by atoms with Gasteiger partial charge in [0.15, 0.2) is 5.82 Å². The molecule has 0 amide bonds. The minimum Gasteiger partial charge on any atom is -0.481 e. The van der Waals surface area contributed by atoms with Crippen molar-refractivity contribution in [3.8, 4) is 17.4 Å². The summed E-state index contributed by atoms with van der Waals surface area (Å²) in [7, 11) is 1.55. The van der Waals surface area contributed by atoms with Gasteiger partial charge in [-0.25, -0.2) is 19.9 Å². The lowest BCUT2D eigenvalue weighted by Crippen LogP contribution is -2.03. The summed E-state index contributed by atoms with van der Waals surface area (Å²) in [5, 5.41) is 0. The molecule has 6 heteroatoms. The molecule has 2 heterocycles. The summed E-state index contributed by atoms with van der Waals surface area (Å²) in [6.45, 7) is 4.10. The molecule has 0 aliphatic carbocycles. The molecule has 2 aromatic heterocycles. The van der Waals surface area contributed by atoms with Crippen LogP contribution in [-0.4, -0.2) is 27.0 Å². The number of aromatic nitrogens is 4. The van der Waals surface area contributed by atoms with Crippen LogP contribution in [0.3, 0.4) is 0 Å². The lowest BCUT2D eigenvalue weighted by atomic mass is 10.1. The third kappa shape index (κ3) is 2.53. The number of nitrogens with zero attached hydrogens (tertiary/aromatic N) is 4. The van der Waals surface area contributed by atoms with E-state index in [2.05, 4.69) is 19.9 Å². The van der Waals surface area contributed by atoms with Gasteiger partial charge >= 0.3 is 0 Å². The summed E-state index contributed by atoms with van der Waals surface area (Å²) in [6, 6.07) is 3.45. The van der Waals surface area contributed by atoms with Crippen molar-refractivity contribution in [3.05, 3.63) is 24.2 Å². The van der Waals surface area contributed by atoms with Gasteiger partial charge in [-0.2, -0.15) is 0 Å². The minimum atomic E-state index is 0.276. The maximum Gasteiger partial charge on any atom is 0.216 e. The van der Waals surface area contributed by atoms with E-state index in [1.165, 1.54) is 6.33 Å². The van der Waals surface area contributed by atoms with Crippen LogP contribution in [0.15, 0.2) is 18.5 Å². The summed E-state index contributed by atoms with van der Waals surface area (Å²) in [6.07, 6.45) is 1.41. The van der Waals surface area contributed by atoms with E-state index in [9.17, 15) is 0 Å². The molecule has 2 aromatic rings. The van der Waals surface area contributed by atoms with Crippen molar-refractivity contribution in [1.82, 2.24) is 19.9 Å². The van der Waals surface area contributed by atoms with Gasteiger partial charge in [0.2, 0.25) is 5.88 Å². The Morgan fingerprint density at radius 2 is 1.94 bits per heavy atom. The Morgan fingerprint density at radius 1 is 1.17 bits per heavy atom. The average molecular weight is 245 g/mol. The number of methoxy groups -OCH3 is 1. The van der Waals surface area contributed by atoms with E-state index in [1.54, 1.807) is 19.2 Å². The number of nitrogens with two attached hydrogens (primary N) is 1. The highest BCUT2D eigenvalue weighted by Gasteiger charge is 2.10. The smallest absolute Gasteiger partial charge is 0.216 e. The molecule has 6 nitrogen and oxygen atoms in total. The van der Waals surface area contributed by atoms with Crippen LogP contribution in [-0.2, 0) is 0 Å². The van der Waals surface area contributed by atoms with Crippen LogP contribution >= 0.6 is 0 Å². The lowest BCUT2D eigenvalue weighted by Gasteiger charge is -2.08. The SMILES string of the molecule is COc1cc(-c2nc(N)cc(C(C)C)n2)ncn1. The van der Waals surface area contributed by atoms with Crippen LogP contribution < -0.4 is 10.5 Å². The summed E-state index contributed by atoms with van der Waals surface area (Å²) in [5.74, 6) is 1.66. The van der Waals surface area contributed by atoms with Gasteiger partial charge in [0.05, 0.1) is 7.11 Å². The zero-order valence-electron chi connectivity index (χ0n) is 10.6. The molecule has 0 aliphatic heterocycles. The van der Waals surface area contributed by atoms with Crippen LogP contribution in [0.4, 0.5) is 5.82 Å². The van der Waals surface area contributed by atoms with Crippen LogP contribution in [0.2, 0.25) is 0 Å². The van der Waals surface area contributed by atoms with Crippen molar-refractivity contribution in [2.75, 3.05) is 12.8 Å². The maximum absolute atomic E-state index is 5.78. The Hall–Kier alpha value is -2.24. The van der Waals surface area contributed by atoms with Gasteiger partial charge in [0.25, 0.3) is 0 Å². The molecule has 0 saturated heterocycles. The van der Waals surface area contributed by atoms with E-state index in [4.69, 9.17) is 10.5 Å². The van der Waals surface area contributed by atoms with Gasteiger partial charge in [-0.3, -0.25) is 0 Å². The predicted octanol–water partition coefficient (Wildman–Crippen LogP) is 1.65. The Balaban J connectivity index is 2.49. The van der Waals surface area contributed by atoms with Crippen molar-refractivity contribution in [2.45, 2.75) is 19.8 Å². The molecule has 0 unspecified atom stereocenters. The van der Waals surface area contributed by atoms with Crippen LogP contribution in [0, 0.1) is 0 Å². The number of hydrogen-bond acceptors (Lipinski definition) is 6. The van der Waals surface area contributed by atoms with Gasteiger partial charge in [0.1, 0.15) is 17.8 Å². The molecule has 0 aliphatic rings. The fourth-order valence-corrected chi connectivity index (χ4v) is 1.47. The van der Waals surface area contributed by atoms with E-state index in [1.807, 2.05) is 13.8 Å². The first-order valence-electron chi connectivity index (χ1n) is 5.61. The first-order valence-corrected chi connectivity index (χ1v) is 5.61. The van der Waals surface area contributed by atoms with Crippen molar-refractivity contribution >= 4 is 5.82 Å². The van der Waals surface area contributed by atoms with Crippen molar-refractivity contribution in [3.63, 3.8) is 0 Å². The third-order valence-corrected chi connectivity index (χ3v) is 2.44. The van der Waals surface area contributed by atoms with Crippen molar-refractivity contribution in [1.29, 1.82) is 0 Å². The highest BCUT2D eigenvalue weighted by atomic mass is 16.5. The highest BCUT2D eigenvalue weighted by Crippen LogP contribution is 2.20. The first-order chi connectivity index (χ1) is 8.60. The summed E-state index contributed by atoms with van der Waals surface area (Å²) in [4.78, 5) is 16.7. The van der Waals surface area contributed by atoms with Crippen LogP contribution in [0.25, 0.3) is 11.5 Å². The van der Waals surface area contributed by atoms with Crippen molar-refractivity contribution < 1.29 is 4.74 Å². The number of hydrogen-bond donors (Lipinski definition) is 1. The quantitative estimate of drug-likeness (QED) is 0.884. The molecule has 0 spiro atoms. The molecule has 2 rings (SSSR count). The van der Waals surface area contributed by atoms with E-state index < -0.39 is 0 Å². The Morgan fingerprint density at radius 3 is 2.61 bits per heavy atom. The molecular formula is C12H15N5O. The highest BCUT2D eigenvalue weighted by molar-refractivity contribution is 5.53. The number of rotatable bonds is 3. The van der Waals surface area contributed by atoms with Crippen molar-refractivity contribution in [2.24, 2.45) is 0 Å². The van der Waals surface area contributed by atoms with Gasteiger partial charge in [0, 0.05) is 17.8 Å². The molecule has 0 bridgehead atoms. The average Bonchev–Trinajstić information content (AvgIpc) is 2.38. The summed E-state index contributed by atoms with van der Waals surface area (Å²) in [5.41, 5.74) is 7.26. The molecule has 94 valence electrons.